The Balaban J connectivity index is 1.96. The van der Waals surface area contributed by atoms with Gasteiger partial charge in [0, 0.05) is 28.3 Å². The van der Waals surface area contributed by atoms with Crippen LogP contribution in [0, 0.1) is 0 Å². The van der Waals surface area contributed by atoms with E-state index in [-0.39, 0.29) is 5.69 Å². The number of thiophene rings is 1. The van der Waals surface area contributed by atoms with Gasteiger partial charge in [-0.05, 0) is 44.2 Å². The summed E-state index contributed by atoms with van der Waals surface area (Å²) < 4.78 is 1.62. The summed E-state index contributed by atoms with van der Waals surface area (Å²) in [6.07, 6.45) is 8.85. The van der Waals surface area contributed by atoms with E-state index in [1.54, 1.807) is 4.68 Å². The SMILES string of the molecule is CCCCc1nn(CCC)c(C(=O)O)c1Cc1ccc(C2(C(=O)O)CC=CC2)s1. The molecule has 2 aromatic rings. The zero-order chi connectivity index (χ0) is 21.0. The van der Waals surface area contributed by atoms with E-state index in [1.807, 2.05) is 31.2 Å². The van der Waals surface area contributed by atoms with Gasteiger partial charge in [0.25, 0.3) is 0 Å². The molecule has 0 atom stereocenters. The summed E-state index contributed by atoms with van der Waals surface area (Å²) in [5, 5.41) is 24.3. The first-order valence-electron chi connectivity index (χ1n) is 10.2. The first kappa shape index (κ1) is 21.3. The number of rotatable bonds is 10. The third-order valence-electron chi connectivity index (χ3n) is 5.53. The van der Waals surface area contributed by atoms with Crippen molar-refractivity contribution in [2.75, 3.05) is 0 Å². The molecule has 3 rings (SSSR count). The molecule has 6 nitrogen and oxygen atoms in total. The van der Waals surface area contributed by atoms with Crippen molar-refractivity contribution in [1.29, 1.82) is 0 Å². The van der Waals surface area contributed by atoms with E-state index >= 15 is 0 Å². The van der Waals surface area contributed by atoms with Gasteiger partial charge in [0.15, 0.2) is 0 Å². The fourth-order valence-electron chi connectivity index (χ4n) is 3.93. The number of aromatic carboxylic acids is 1. The van der Waals surface area contributed by atoms with E-state index in [9.17, 15) is 19.8 Å². The first-order chi connectivity index (χ1) is 13.9. The lowest BCUT2D eigenvalue weighted by Crippen LogP contribution is -2.31. The molecule has 0 amide bonds. The maximum atomic E-state index is 12.0. The van der Waals surface area contributed by atoms with Crippen LogP contribution in [0.4, 0.5) is 0 Å². The summed E-state index contributed by atoms with van der Waals surface area (Å²) in [5.74, 6) is -1.76. The molecule has 1 aliphatic carbocycles. The molecule has 0 saturated heterocycles. The van der Waals surface area contributed by atoms with E-state index in [4.69, 9.17) is 0 Å². The molecule has 0 bridgehead atoms. The lowest BCUT2D eigenvalue weighted by Gasteiger charge is -2.22. The molecule has 0 unspecified atom stereocenters. The second kappa shape index (κ2) is 8.95. The van der Waals surface area contributed by atoms with Gasteiger partial charge >= 0.3 is 11.9 Å². The Labute approximate surface area is 174 Å². The van der Waals surface area contributed by atoms with Crippen molar-refractivity contribution in [2.45, 2.75) is 70.8 Å². The molecular weight excluding hydrogens is 388 g/mol. The van der Waals surface area contributed by atoms with Gasteiger partial charge in [-0.15, -0.1) is 11.3 Å². The fourth-order valence-corrected chi connectivity index (χ4v) is 5.15. The van der Waals surface area contributed by atoms with Crippen molar-refractivity contribution in [2.24, 2.45) is 0 Å². The number of carboxylic acid groups (broad SMARTS) is 2. The van der Waals surface area contributed by atoms with E-state index in [2.05, 4.69) is 12.0 Å². The average molecular weight is 417 g/mol. The number of nitrogens with zero attached hydrogens (tertiary/aromatic N) is 2. The number of unbranched alkanes of at least 4 members (excludes halogenated alkanes) is 1. The van der Waals surface area contributed by atoms with Gasteiger partial charge in [-0.3, -0.25) is 9.48 Å². The van der Waals surface area contributed by atoms with Crippen LogP contribution >= 0.6 is 11.3 Å². The van der Waals surface area contributed by atoms with Crippen LogP contribution in [0.2, 0.25) is 0 Å². The summed E-state index contributed by atoms with van der Waals surface area (Å²) in [7, 11) is 0. The quantitative estimate of drug-likeness (QED) is 0.550. The molecule has 7 heteroatoms. The van der Waals surface area contributed by atoms with E-state index in [0.29, 0.717) is 25.8 Å². The summed E-state index contributed by atoms with van der Waals surface area (Å²) in [5.41, 5.74) is 1.00. The van der Waals surface area contributed by atoms with Crippen LogP contribution in [0.25, 0.3) is 0 Å². The first-order valence-corrected chi connectivity index (χ1v) is 11.0. The Morgan fingerprint density at radius 2 is 1.90 bits per heavy atom. The fraction of sp³-hybridized carbons (Fsp3) is 0.500. The Hall–Kier alpha value is -2.41. The van der Waals surface area contributed by atoms with Crippen molar-refractivity contribution in [3.63, 3.8) is 0 Å². The number of hydrogen-bond acceptors (Lipinski definition) is 4. The van der Waals surface area contributed by atoms with Gasteiger partial charge in [-0.1, -0.05) is 32.4 Å². The van der Waals surface area contributed by atoms with Crippen LogP contribution in [-0.2, 0) is 29.6 Å². The van der Waals surface area contributed by atoms with Crippen molar-refractivity contribution >= 4 is 23.3 Å². The molecule has 1 aliphatic rings. The summed E-state index contributed by atoms with van der Waals surface area (Å²) in [6, 6.07) is 3.83. The Bertz CT molecular complexity index is 917. The van der Waals surface area contributed by atoms with Gasteiger partial charge in [0.2, 0.25) is 0 Å². The molecular formula is C22H28N2O4S. The van der Waals surface area contributed by atoms with E-state index < -0.39 is 17.4 Å². The van der Waals surface area contributed by atoms with E-state index in [1.165, 1.54) is 11.3 Å². The molecule has 2 heterocycles. The number of aliphatic carboxylic acids is 1. The maximum Gasteiger partial charge on any atom is 0.354 e. The topological polar surface area (TPSA) is 92.4 Å². The average Bonchev–Trinajstić information content (AvgIpc) is 3.39. The number of carboxylic acids is 2. The highest BCUT2D eigenvalue weighted by molar-refractivity contribution is 7.12. The summed E-state index contributed by atoms with van der Waals surface area (Å²) in [4.78, 5) is 25.8. The molecule has 156 valence electrons. The van der Waals surface area contributed by atoms with Crippen molar-refractivity contribution in [3.05, 3.63) is 51.0 Å². The molecule has 0 aromatic carbocycles. The van der Waals surface area contributed by atoms with Crippen molar-refractivity contribution < 1.29 is 19.8 Å². The molecule has 0 saturated carbocycles. The minimum atomic E-state index is -0.956. The highest BCUT2D eigenvalue weighted by Crippen LogP contribution is 2.41. The summed E-state index contributed by atoms with van der Waals surface area (Å²) in [6.45, 7) is 4.68. The number of aryl methyl sites for hydroxylation is 2. The monoisotopic (exact) mass is 416 g/mol. The molecule has 0 aliphatic heterocycles. The standard InChI is InChI=1S/C22H28N2O4S/c1-3-5-8-17-16(19(20(25)26)24(23-17)13-4-2)14-15-9-10-18(29-15)22(21(27)28)11-6-7-12-22/h6-7,9-10H,3-5,8,11-14H2,1-2H3,(H,25,26)(H,27,28). The minimum Gasteiger partial charge on any atom is -0.481 e. The Kier molecular flexibility index (Phi) is 6.57. The van der Waals surface area contributed by atoms with Gasteiger partial charge < -0.3 is 10.2 Å². The number of hydrogen-bond donors (Lipinski definition) is 2. The third-order valence-corrected chi connectivity index (χ3v) is 6.82. The van der Waals surface area contributed by atoms with E-state index in [0.717, 1.165) is 46.7 Å². The molecule has 29 heavy (non-hydrogen) atoms. The van der Waals surface area contributed by atoms with Gasteiger partial charge in [-0.25, -0.2) is 4.79 Å². The van der Waals surface area contributed by atoms with Crippen LogP contribution in [0.15, 0.2) is 24.3 Å². The van der Waals surface area contributed by atoms with Crippen LogP contribution in [0.1, 0.15) is 77.5 Å². The molecule has 0 spiro atoms. The van der Waals surface area contributed by atoms with Gasteiger partial charge in [0.05, 0.1) is 5.69 Å². The van der Waals surface area contributed by atoms with Crippen LogP contribution in [-0.4, -0.2) is 31.9 Å². The highest BCUT2D eigenvalue weighted by atomic mass is 32.1. The van der Waals surface area contributed by atoms with Gasteiger partial charge in [0.1, 0.15) is 11.1 Å². The lowest BCUT2D eigenvalue weighted by atomic mass is 9.84. The predicted molar refractivity (Wildman–Crippen MR) is 113 cm³/mol. The Morgan fingerprint density at radius 3 is 2.48 bits per heavy atom. The minimum absolute atomic E-state index is 0.267. The zero-order valence-electron chi connectivity index (χ0n) is 17.0. The Morgan fingerprint density at radius 1 is 1.17 bits per heavy atom. The summed E-state index contributed by atoms with van der Waals surface area (Å²) >= 11 is 1.48. The highest BCUT2D eigenvalue weighted by Gasteiger charge is 2.42. The maximum absolute atomic E-state index is 12.0. The zero-order valence-corrected chi connectivity index (χ0v) is 17.8. The predicted octanol–water partition coefficient (Wildman–Crippen LogP) is 4.66. The smallest absolute Gasteiger partial charge is 0.354 e. The normalized spacial score (nSPS) is 15.1. The molecule has 2 N–H and O–H groups in total. The lowest BCUT2D eigenvalue weighted by molar-refractivity contribution is -0.143. The second-order valence-electron chi connectivity index (χ2n) is 7.62. The molecule has 0 fully saturated rings. The van der Waals surface area contributed by atoms with Crippen LogP contribution in [0.5, 0.6) is 0 Å². The second-order valence-corrected chi connectivity index (χ2v) is 8.78. The third kappa shape index (κ3) is 4.15. The number of allylic oxidation sites excluding steroid dienone is 2. The van der Waals surface area contributed by atoms with Gasteiger partial charge in [-0.2, -0.15) is 5.10 Å². The largest absolute Gasteiger partial charge is 0.481 e. The number of carbonyl (C=O) groups is 2. The van der Waals surface area contributed by atoms with Crippen molar-refractivity contribution in [1.82, 2.24) is 9.78 Å². The van der Waals surface area contributed by atoms with Crippen LogP contribution < -0.4 is 0 Å². The van der Waals surface area contributed by atoms with Crippen LogP contribution in [0.3, 0.4) is 0 Å². The molecule has 0 radical (unpaired) electrons. The molecule has 2 aromatic heterocycles. The van der Waals surface area contributed by atoms with Crippen molar-refractivity contribution in [3.8, 4) is 0 Å². The number of aromatic nitrogens is 2.